The average Bonchev–Trinajstić information content (AvgIpc) is 2.90. The van der Waals surface area contributed by atoms with E-state index in [4.69, 9.17) is 20.9 Å². The van der Waals surface area contributed by atoms with Gasteiger partial charge in [-0.25, -0.2) is 4.99 Å². The minimum absolute atomic E-state index is 0.102. The Labute approximate surface area is 160 Å². The summed E-state index contributed by atoms with van der Waals surface area (Å²) < 4.78 is 10.4. The Morgan fingerprint density at radius 2 is 1.78 bits per heavy atom. The minimum atomic E-state index is -0.791. The molecule has 9 heteroatoms. The van der Waals surface area contributed by atoms with Crippen molar-refractivity contribution < 1.29 is 23.9 Å². The van der Waals surface area contributed by atoms with Gasteiger partial charge in [0, 0.05) is 25.8 Å². The van der Waals surface area contributed by atoms with Crippen LogP contribution in [0.3, 0.4) is 0 Å². The number of nitrogens with one attached hydrogen (secondary N) is 1. The van der Waals surface area contributed by atoms with Gasteiger partial charge in [0.15, 0.2) is 5.96 Å². The van der Waals surface area contributed by atoms with Crippen LogP contribution in [0.1, 0.15) is 47.0 Å². The van der Waals surface area contributed by atoms with Crippen molar-refractivity contribution in [2.45, 2.75) is 65.1 Å². The molecule has 0 aromatic heterocycles. The van der Waals surface area contributed by atoms with E-state index in [1.165, 1.54) is 21.0 Å². The van der Waals surface area contributed by atoms with Crippen molar-refractivity contribution in [1.82, 2.24) is 5.32 Å². The summed E-state index contributed by atoms with van der Waals surface area (Å²) in [5.74, 6) is -2.40. The number of guanidine groups is 1. The largest absolute Gasteiger partial charge is 0.469 e. The van der Waals surface area contributed by atoms with Gasteiger partial charge >= 0.3 is 11.9 Å². The van der Waals surface area contributed by atoms with Gasteiger partial charge in [0.05, 0.1) is 19.1 Å². The number of rotatable bonds is 8. The highest BCUT2D eigenvalue weighted by atomic mass is 16.6. The lowest BCUT2D eigenvalue weighted by Crippen LogP contribution is -2.51. The number of nitrogens with zero attached hydrogens (tertiary/aromatic N) is 1. The first-order valence-corrected chi connectivity index (χ1v) is 9.26. The van der Waals surface area contributed by atoms with Crippen LogP contribution in [0.2, 0.25) is 0 Å². The molecule has 1 rings (SSSR count). The van der Waals surface area contributed by atoms with Crippen LogP contribution in [0.5, 0.6) is 0 Å². The lowest BCUT2D eigenvalue weighted by atomic mass is 9.80. The molecule has 0 spiro atoms. The number of amides is 1. The summed E-state index contributed by atoms with van der Waals surface area (Å²) >= 11 is 0. The van der Waals surface area contributed by atoms with E-state index in [2.05, 4.69) is 10.3 Å². The van der Waals surface area contributed by atoms with Crippen LogP contribution in [0, 0.1) is 17.8 Å². The second kappa shape index (κ2) is 10.1. The molecule has 1 aliphatic carbocycles. The Kier molecular flexibility index (Phi) is 8.52. The van der Waals surface area contributed by atoms with Gasteiger partial charge in [0.25, 0.3) is 0 Å². The lowest BCUT2D eigenvalue weighted by Gasteiger charge is -2.36. The summed E-state index contributed by atoms with van der Waals surface area (Å²) in [6, 6.07) is -0.842. The number of hydrogen-bond acceptors (Lipinski definition) is 6. The standard InChI is InChI=1S/C18H32N4O5/c1-6-11(7-2)15(21-9(3)23)14-13(22-18(19)20)8-12(17(25)26-5)16(14)27-10(4)24/h11-16H,6-8H2,1-5H3,(H,21,23)(H4,19,20,22)/t12-,13+,14+,15-,16+/m0/s1. The molecule has 0 saturated heterocycles. The van der Waals surface area contributed by atoms with Crippen molar-refractivity contribution in [3.8, 4) is 0 Å². The Morgan fingerprint density at radius 3 is 2.19 bits per heavy atom. The summed E-state index contributed by atoms with van der Waals surface area (Å²) in [5, 5.41) is 2.97. The second-order valence-corrected chi connectivity index (χ2v) is 6.94. The molecule has 0 heterocycles. The molecule has 0 aromatic rings. The molecule has 5 atom stereocenters. The van der Waals surface area contributed by atoms with Gasteiger partial charge in [0.1, 0.15) is 6.10 Å². The predicted molar refractivity (Wildman–Crippen MR) is 100 cm³/mol. The molecule has 1 saturated carbocycles. The Morgan fingerprint density at radius 1 is 1.19 bits per heavy atom. The number of aliphatic imine (C=N–C) groups is 1. The number of hydrogen-bond donors (Lipinski definition) is 3. The van der Waals surface area contributed by atoms with Gasteiger partial charge in [-0.1, -0.05) is 26.7 Å². The molecule has 0 aliphatic heterocycles. The lowest BCUT2D eigenvalue weighted by molar-refractivity contribution is -0.159. The highest BCUT2D eigenvalue weighted by molar-refractivity contribution is 5.77. The van der Waals surface area contributed by atoms with E-state index in [0.717, 1.165) is 12.8 Å². The molecule has 9 nitrogen and oxygen atoms in total. The molecular weight excluding hydrogens is 352 g/mol. The Hall–Kier alpha value is -2.32. The third-order valence-corrected chi connectivity index (χ3v) is 5.18. The maximum atomic E-state index is 12.3. The highest BCUT2D eigenvalue weighted by Gasteiger charge is 2.53. The van der Waals surface area contributed by atoms with Gasteiger partial charge in [-0.3, -0.25) is 14.4 Å². The third-order valence-electron chi connectivity index (χ3n) is 5.18. The average molecular weight is 384 g/mol. The van der Waals surface area contributed by atoms with Gasteiger partial charge in [-0.2, -0.15) is 0 Å². The number of esters is 2. The van der Waals surface area contributed by atoms with E-state index in [1.54, 1.807) is 0 Å². The topological polar surface area (TPSA) is 146 Å². The monoisotopic (exact) mass is 384 g/mol. The van der Waals surface area contributed by atoms with Gasteiger partial charge < -0.3 is 26.3 Å². The van der Waals surface area contributed by atoms with Crippen LogP contribution in [0.4, 0.5) is 0 Å². The highest BCUT2D eigenvalue weighted by Crippen LogP contribution is 2.41. The van der Waals surface area contributed by atoms with Crippen LogP contribution in [0.15, 0.2) is 4.99 Å². The zero-order valence-corrected chi connectivity index (χ0v) is 16.7. The number of ether oxygens (including phenoxy) is 2. The normalized spacial score (nSPS) is 25.6. The van der Waals surface area contributed by atoms with Gasteiger partial charge in [-0.15, -0.1) is 0 Å². The molecule has 1 fully saturated rings. The third kappa shape index (κ3) is 5.83. The number of carbonyl (C=O) groups excluding carboxylic acids is 3. The Balaban J connectivity index is 3.46. The minimum Gasteiger partial charge on any atom is -0.469 e. The van der Waals surface area contributed by atoms with Crippen molar-refractivity contribution in [2.75, 3.05) is 7.11 Å². The van der Waals surface area contributed by atoms with Crippen LogP contribution in [-0.2, 0) is 23.9 Å². The molecule has 0 bridgehead atoms. The zero-order valence-electron chi connectivity index (χ0n) is 16.7. The smallest absolute Gasteiger partial charge is 0.312 e. The first-order chi connectivity index (χ1) is 12.7. The van der Waals surface area contributed by atoms with Crippen LogP contribution < -0.4 is 16.8 Å². The molecule has 154 valence electrons. The first kappa shape index (κ1) is 22.7. The fourth-order valence-corrected chi connectivity index (χ4v) is 4.11. The molecule has 0 radical (unpaired) electrons. The predicted octanol–water partition coefficient (Wildman–Crippen LogP) is 0.310. The molecule has 5 N–H and O–H groups in total. The quantitative estimate of drug-likeness (QED) is 0.310. The molecule has 27 heavy (non-hydrogen) atoms. The van der Waals surface area contributed by atoms with Crippen molar-refractivity contribution in [1.29, 1.82) is 0 Å². The maximum absolute atomic E-state index is 12.3. The molecule has 1 aliphatic rings. The van der Waals surface area contributed by atoms with E-state index >= 15 is 0 Å². The van der Waals surface area contributed by atoms with E-state index in [1.807, 2.05) is 13.8 Å². The van der Waals surface area contributed by atoms with Gasteiger partial charge in [-0.05, 0) is 12.3 Å². The van der Waals surface area contributed by atoms with Crippen molar-refractivity contribution in [3.63, 3.8) is 0 Å². The van der Waals surface area contributed by atoms with E-state index in [0.29, 0.717) is 0 Å². The van der Waals surface area contributed by atoms with Gasteiger partial charge in [0.2, 0.25) is 5.91 Å². The van der Waals surface area contributed by atoms with E-state index < -0.39 is 35.9 Å². The van der Waals surface area contributed by atoms with E-state index in [-0.39, 0.29) is 30.2 Å². The van der Waals surface area contributed by atoms with Crippen LogP contribution >= 0.6 is 0 Å². The molecule has 1 amide bonds. The second-order valence-electron chi connectivity index (χ2n) is 6.94. The molecule has 0 aromatic carbocycles. The van der Waals surface area contributed by atoms with E-state index in [9.17, 15) is 14.4 Å². The summed E-state index contributed by atoms with van der Waals surface area (Å²) in [5.41, 5.74) is 11.2. The van der Waals surface area contributed by atoms with Crippen molar-refractivity contribution in [3.05, 3.63) is 0 Å². The fraction of sp³-hybridized carbons (Fsp3) is 0.778. The summed E-state index contributed by atoms with van der Waals surface area (Å²) in [6.45, 7) is 6.75. The number of methoxy groups -OCH3 is 1. The number of carbonyl (C=O) groups is 3. The number of nitrogens with two attached hydrogens (primary N) is 2. The molecule has 0 unspecified atom stereocenters. The van der Waals surface area contributed by atoms with Crippen molar-refractivity contribution in [2.24, 2.45) is 34.2 Å². The fourth-order valence-electron chi connectivity index (χ4n) is 4.11. The summed E-state index contributed by atoms with van der Waals surface area (Å²) in [6.07, 6.45) is 1.06. The first-order valence-electron chi connectivity index (χ1n) is 9.26. The van der Waals surface area contributed by atoms with Crippen LogP contribution in [-0.4, -0.2) is 49.1 Å². The summed E-state index contributed by atoms with van der Waals surface area (Å²) in [4.78, 5) is 40.2. The molecular formula is C18H32N4O5. The Bertz CT molecular complexity index is 572. The maximum Gasteiger partial charge on any atom is 0.312 e. The summed E-state index contributed by atoms with van der Waals surface area (Å²) in [7, 11) is 1.28. The van der Waals surface area contributed by atoms with Crippen LogP contribution in [0.25, 0.3) is 0 Å². The SMILES string of the molecule is CCC(CC)[C@H](NC(C)=O)[C@@H]1[C@H](OC(C)=O)[C@@H](C(=O)OC)C[C@H]1N=C(N)N. The van der Waals surface area contributed by atoms with Crippen molar-refractivity contribution >= 4 is 23.8 Å². The zero-order chi connectivity index (χ0) is 20.7.